The van der Waals surface area contributed by atoms with E-state index in [1.54, 1.807) is 19.1 Å². The van der Waals surface area contributed by atoms with Gasteiger partial charge in [0.05, 0.1) is 20.8 Å². The van der Waals surface area contributed by atoms with E-state index in [9.17, 15) is 4.79 Å². The van der Waals surface area contributed by atoms with Gasteiger partial charge in [-0.1, -0.05) is 30.3 Å². The first-order chi connectivity index (χ1) is 15.0. The Balaban J connectivity index is 0.00000512. The summed E-state index contributed by atoms with van der Waals surface area (Å²) in [6.07, 6.45) is 0.359. The number of aliphatic imine (C=N–C) groups is 1. The Morgan fingerprint density at radius 1 is 1.00 bits per heavy atom. The highest BCUT2D eigenvalue weighted by Crippen LogP contribution is 2.25. The molecule has 1 N–H and O–H groups in total. The highest BCUT2D eigenvalue weighted by atomic mass is 127. The highest BCUT2D eigenvalue weighted by Gasteiger charge is 2.13. The summed E-state index contributed by atoms with van der Waals surface area (Å²) in [6, 6.07) is 15.7. The zero-order valence-electron chi connectivity index (χ0n) is 19.6. The highest BCUT2D eigenvalue weighted by molar-refractivity contribution is 14.0. The molecule has 8 heteroatoms. The van der Waals surface area contributed by atoms with Crippen LogP contribution in [0.3, 0.4) is 0 Å². The summed E-state index contributed by atoms with van der Waals surface area (Å²) in [6.45, 7) is 4.40. The van der Waals surface area contributed by atoms with Crippen LogP contribution in [-0.2, 0) is 17.9 Å². The van der Waals surface area contributed by atoms with E-state index in [4.69, 9.17) is 9.47 Å². The standard InChI is InChI=1S/C24H34N4O3.HI/c1-6-25-24(28(3)18-20-12-13-21(30-4)16-22(20)31-5)26-15-14-23(29)27(2)17-19-10-8-7-9-11-19;/h7-13,16H,6,14-15,17-18H2,1-5H3,(H,25,26);1H. The minimum Gasteiger partial charge on any atom is -0.497 e. The van der Waals surface area contributed by atoms with Crippen molar-refractivity contribution >= 4 is 35.8 Å². The van der Waals surface area contributed by atoms with Gasteiger partial charge in [0.2, 0.25) is 5.91 Å². The first-order valence-electron chi connectivity index (χ1n) is 10.5. The number of benzene rings is 2. The van der Waals surface area contributed by atoms with Crippen LogP contribution in [0.25, 0.3) is 0 Å². The van der Waals surface area contributed by atoms with Crippen LogP contribution >= 0.6 is 24.0 Å². The van der Waals surface area contributed by atoms with Crippen LogP contribution < -0.4 is 14.8 Å². The number of methoxy groups -OCH3 is 2. The lowest BCUT2D eigenvalue weighted by molar-refractivity contribution is -0.130. The van der Waals surface area contributed by atoms with Gasteiger partial charge >= 0.3 is 0 Å². The van der Waals surface area contributed by atoms with Crippen molar-refractivity contribution in [3.8, 4) is 11.5 Å². The number of nitrogens with one attached hydrogen (secondary N) is 1. The van der Waals surface area contributed by atoms with Crippen molar-refractivity contribution in [3.05, 3.63) is 59.7 Å². The fourth-order valence-corrected chi connectivity index (χ4v) is 3.18. The molecule has 0 saturated carbocycles. The van der Waals surface area contributed by atoms with E-state index in [1.165, 1.54) is 0 Å². The van der Waals surface area contributed by atoms with Gasteiger partial charge in [-0.05, 0) is 24.6 Å². The van der Waals surface area contributed by atoms with Crippen LogP contribution in [0.4, 0.5) is 0 Å². The Bertz CT molecular complexity index is 862. The van der Waals surface area contributed by atoms with Gasteiger partial charge in [-0.25, -0.2) is 0 Å². The number of amides is 1. The van der Waals surface area contributed by atoms with Crippen LogP contribution in [0.1, 0.15) is 24.5 Å². The molecule has 2 rings (SSSR count). The number of halogens is 1. The van der Waals surface area contributed by atoms with Crippen LogP contribution in [0.5, 0.6) is 11.5 Å². The Kier molecular flexibility index (Phi) is 12.5. The van der Waals surface area contributed by atoms with Crippen molar-refractivity contribution in [3.63, 3.8) is 0 Å². The van der Waals surface area contributed by atoms with Gasteiger partial charge in [0.15, 0.2) is 5.96 Å². The second-order valence-corrected chi connectivity index (χ2v) is 7.25. The number of hydrogen-bond donors (Lipinski definition) is 1. The van der Waals surface area contributed by atoms with Crippen molar-refractivity contribution < 1.29 is 14.3 Å². The molecule has 0 unspecified atom stereocenters. The van der Waals surface area contributed by atoms with Crippen molar-refractivity contribution in [1.29, 1.82) is 0 Å². The van der Waals surface area contributed by atoms with Crippen LogP contribution in [0, 0.1) is 0 Å². The Labute approximate surface area is 208 Å². The molecule has 0 aromatic heterocycles. The maximum Gasteiger partial charge on any atom is 0.224 e. The SMILES string of the molecule is CCNC(=NCCC(=O)N(C)Cc1ccccc1)N(C)Cc1ccc(OC)cc1OC.I. The van der Waals surface area contributed by atoms with Crippen molar-refractivity contribution in [2.24, 2.45) is 4.99 Å². The quantitative estimate of drug-likeness (QED) is 0.275. The van der Waals surface area contributed by atoms with E-state index in [0.29, 0.717) is 26.1 Å². The lowest BCUT2D eigenvalue weighted by atomic mass is 10.2. The van der Waals surface area contributed by atoms with Gasteiger partial charge in [0.25, 0.3) is 0 Å². The fraction of sp³-hybridized carbons (Fsp3) is 0.417. The van der Waals surface area contributed by atoms with E-state index < -0.39 is 0 Å². The molecule has 0 spiro atoms. The lowest BCUT2D eigenvalue weighted by Crippen LogP contribution is -2.38. The molecule has 7 nitrogen and oxygen atoms in total. The molecule has 0 atom stereocenters. The van der Waals surface area contributed by atoms with Gasteiger partial charge in [-0.3, -0.25) is 9.79 Å². The third-order valence-corrected chi connectivity index (χ3v) is 4.87. The lowest BCUT2D eigenvalue weighted by Gasteiger charge is -2.23. The first-order valence-corrected chi connectivity index (χ1v) is 10.5. The van der Waals surface area contributed by atoms with Gasteiger partial charge in [0, 0.05) is 51.8 Å². The van der Waals surface area contributed by atoms with Crippen LogP contribution in [-0.4, -0.2) is 63.1 Å². The average Bonchev–Trinajstić information content (AvgIpc) is 2.79. The van der Waals surface area contributed by atoms with Gasteiger partial charge in [0.1, 0.15) is 11.5 Å². The van der Waals surface area contributed by atoms with Gasteiger partial charge < -0.3 is 24.6 Å². The molecule has 2 aromatic carbocycles. The fourth-order valence-electron chi connectivity index (χ4n) is 3.18. The molecule has 176 valence electrons. The second kappa shape index (κ2) is 14.5. The van der Waals surface area contributed by atoms with E-state index in [0.717, 1.165) is 35.1 Å². The molecule has 0 saturated heterocycles. The second-order valence-electron chi connectivity index (χ2n) is 7.25. The molecule has 0 bridgehead atoms. The average molecular weight is 554 g/mol. The van der Waals surface area contributed by atoms with E-state index >= 15 is 0 Å². The normalized spacial score (nSPS) is 10.7. The predicted molar refractivity (Wildman–Crippen MR) is 140 cm³/mol. The van der Waals surface area contributed by atoms with E-state index in [-0.39, 0.29) is 29.9 Å². The summed E-state index contributed by atoms with van der Waals surface area (Å²) in [5, 5.41) is 3.29. The molecule has 0 aliphatic rings. The minimum atomic E-state index is 0. The number of rotatable bonds is 10. The van der Waals surface area contributed by atoms with Gasteiger partial charge in [-0.15, -0.1) is 24.0 Å². The monoisotopic (exact) mass is 554 g/mol. The molecule has 0 aliphatic heterocycles. The first kappa shape index (κ1) is 27.5. The third-order valence-electron chi connectivity index (χ3n) is 4.87. The van der Waals surface area contributed by atoms with E-state index in [1.807, 2.05) is 74.4 Å². The molecule has 0 heterocycles. The topological polar surface area (TPSA) is 66.4 Å². The molecule has 0 radical (unpaired) electrons. The smallest absolute Gasteiger partial charge is 0.224 e. The number of hydrogen-bond acceptors (Lipinski definition) is 4. The number of guanidine groups is 1. The van der Waals surface area contributed by atoms with Crippen molar-refractivity contribution in [1.82, 2.24) is 15.1 Å². The zero-order chi connectivity index (χ0) is 22.6. The summed E-state index contributed by atoms with van der Waals surface area (Å²) < 4.78 is 10.8. The molecular weight excluding hydrogens is 519 g/mol. The molecule has 1 amide bonds. The molecule has 2 aromatic rings. The Morgan fingerprint density at radius 3 is 2.34 bits per heavy atom. The minimum absolute atomic E-state index is 0. The number of ether oxygens (including phenoxy) is 2. The molecule has 0 aliphatic carbocycles. The van der Waals surface area contributed by atoms with Crippen LogP contribution in [0.15, 0.2) is 53.5 Å². The maximum atomic E-state index is 12.5. The largest absolute Gasteiger partial charge is 0.497 e. The Hall–Kier alpha value is -2.49. The molecular formula is C24H35IN4O3. The number of carbonyl (C=O) groups is 1. The summed E-state index contributed by atoms with van der Waals surface area (Å²) in [7, 11) is 7.07. The van der Waals surface area contributed by atoms with Gasteiger partial charge in [-0.2, -0.15) is 0 Å². The number of carbonyl (C=O) groups excluding carboxylic acids is 1. The number of nitrogens with zero attached hydrogens (tertiary/aromatic N) is 3. The van der Waals surface area contributed by atoms with E-state index in [2.05, 4.69) is 10.3 Å². The molecule has 32 heavy (non-hydrogen) atoms. The van der Waals surface area contributed by atoms with Crippen molar-refractivity contribution in [2.45, 2.75) is 26.4 Å². The summed E-state index contributed by atoms with van der Waals surface area (Å²) in [5.74, 6) is 2.34. The third kappa shape index (κ3) is 8.57. The zero-order valence-corrected chi connectivity index (χ0v) is 22.0. The molecule has 0 fully saturated rings. The summed E-state index contributed by atoms with van der Waals surface area (Å²) in [4.78, 5) is 20.9. The maximum absolute atomic E-state index is 12.5. The van der Waals surface area contributed by atoms with Crippen molar-refractivity contribution in [2.75, 3.05) is 41.4 Å². The predicted octanol–water partition coefficient (Wildman–Crippen LogP) is 3.77. The van der Waals surface area contributed by atoms with Crippen LogP contribution in [0.2, 0.25) is 0 Å². The summed E-state index contributed by atoms with van der Waals surface area (Å²) in [5.41, 5.74) is 2.14. The Morgan fingerprint density at radius 2 is 1.72 bits per heavy atom. The summed E-state index contributed by atoms with van der Waals surface area (Å²) >= 11 is 0.